The van der Waals surface area contributed by atoms with Gasteiger partial charge < -0.3 is 20.5 Å². The molecule has 3 N–H and O–H groups in total. The zero-order valence-corrected chi connectivity index (χ0v) is 13.2. The highest BCUT2D eigenvalue weighted by atomic mass is 16.5. The Kier molecular flexibility index (Phi) is 6.29. The average molecular weight is 314 g/mol. The summed E-state index contributed by atoms with van der Waals surface area (Å²) in [5.41, 5.74) is 6.99. The normalized spacial score (nSPS) is 10.1. The summed E-state index contributed by atoms with van der Waals surface area (Å²) < 4.78 is 11.0. The van der Waals surface area contributed by atoms with E-state index in [0.29, 0.717) is 37.4 Å². The molecule has 0 bridgehead atoms. The molecule has 5 heteroatoms. The van der Waals surface area contributed by atoms with Crippen molar-refractivity contribution in [1.82, 2.24) is 0 Å². The van der Waals surface area contributed by atoms with Gasteiger partial charge in [0.1, 0.15) is 11.5 Å². The third kappa shape index (κ3) is 5.54. The number of benzene rings is 2. The standard InChI is InChI=1S/C18H22N2O3/c1-2-22-14-9-11-15(12-10-14)23-13-5-8-18(21)20-17-7-4-3-6-16(17)19/h3-4,6-7,9-12H,2,5,8,13,19H2,1H3,(H,20,21). The molecule has 2 rings (SSSR count). The lowest BCUT2D eigenvalue weighted by Crippen LogP contribution is -2.13. The number of nitrogens with two attached hydrogens (primary N) is 1. The van der Waals surface area contributed by atoms with E-state index in [4.69, 9.17) is 15.2 Å². The summed E-state index contributed by atoms with van der Waals surface area (Å²) >= 11 is 0. The van der Waals surface area contributed by atoms with Crippen LogP contribution in [0.1, 0.15) is 19.8 Å². The van der Waals surface area contributed by atoms with Crippen LogP contribution in [0.15, 0.2) is 48.5 Å². The minimum Gasteiger partial charge on any atom is -0.494 e. The van der Waals surface area contributed by atoms with E-state index in [2.05, 4.69) is 5.32 Å². The first-order chi connectivity index (χ1) is 11.2. The fourth-order valence-electron chi connectivity index (χ4n) is 2.05. The molecule has 1 amide bonds. The average Bonchev–Trinajstić information content (AvgIpc) is 2.55. The lowest BCUT2D eigenvalue weighted by molar-refractivity contribution is -0.116. The Morgan fingerprint density at radius 1 is 1.04 bits per heavy atom. The number of nitrogen functional groups attached to an aromatic ring is 1. The number of hydrogen-bond acceptors (Lipinski definition) is 4. The van der Waals surface area contributed by atoms with Crippen molar-refractivity contribution in [3.63, 3.8) is 0 Å². The van der Waals surface area contributed by atoms with Gasteiger partial charge in [-0.15, -0.1) is 0 Å². The van der Waals surface area contributed by atoms with E-state index in [1.165, 1.54) is 0 Å². The number of carbonyl (C=O) groups is 1. The summed E-state index contributed by atoms with van der Waals surface area (Å²) in [6, 6.07) is 14.6. The van der Waals surface area contributed by atoms with E-state index in [9.17, 15) is 4.79 Å². The highest BCUT2D eigenvalue weighted by Gasteiger charge is 2.05. The second kappa shape index (κ2) is 8.68. The van der Waals surface area contributed by atoms with Crippen LogP contribution in [-0.2, 0) is 4.79 Å². The van der Waals surface area contributed by atoms with Crippen molar-refractivity contribution >= 4 is 17.3 Å². The summed E-state index contributed by atoms with van der Waals surface area (Å²) in [5.74, 6) is 1.51. The molecule has 0 unspecified atom stereocenters. The largest absolute Gasteiger partial charge is 0.494 e. The van der Waals surface area contributed by atoms with Gasteiger partial charge >= 0.3 is 0 Å². The van der Waals surface area contributed by atoms with Gasteiger partial charge in [0.15, 0.2) is 0 Å². The quantitative estimate of drug-likeness (QED) is 0.578. The van der Waals surface area contributed by atoms with E-state index < -0.39 is 0 Å². The van der Waals surface area contributed by atoms with Gasteiger partial charge in [-0.3, -0.25) is 4.79 Å². The van der Waals surface area contributed by atoms with E-state index in [1.54, 1.807) is 12.1 Å². The molecule has 23 heavy (non-hydrogen) atoms. The van der Waals surface area contributed by atoms with Crippen LogP contribution in [0.25, 0.3) is 0 Å². The predicted molar refractivity (Wildman–Crippen MR) is 91.8 cm³/mol. The molecule has 0 spiro atoms. The van der Waals surface area contributed by atoms with Gasteiger partial charge in [-0.1, -0.05) is 12.1 Å². The number of nitrogens with one attached hydrogen (secondary N) is 1. The van der Waals surface area contributed by atoms with E-state index in [1.807, 2.05) is 43.3 Å². The summed E-state index contributed by atoms with van der Waals surface area (Å²) in [7, 11) is 0. The number of anilines is 2. The van der Waals surface area contributed by atoms with Crippen LogP contribution in [0.4, 0.5) is 11.4 Å². The van der Waals surface area contributed by atoms with Crippen molar-refractivity contribution in [2.24, 2.45) is 0 Å². The lowest BCUT2D eigenvalue weighted by atomic mass is 10.2. The molecule has 2 aromatic rings. The van der Waals surface area contributed by atoms with E-state index >= 15 is 0 Å². The second-order valence-corrected chi connectivity index (χ2v) is 4.99. The monoisotopic (exact) mass is 314 g/mol. The maximum absolute atomic E-state index is 11.9. The number of ether oxygens (including phenoxy) is 2. The molecule has 0 aliphatic rings. The first-order valence-electron chi connectivity index (χ1n) is 7.69. The summed E-state index contributed by atoms with van der Waals surface area (Å²) in [6.45, 7) is 3.06. The van der Waals surface area contributed by atoms with Gasteiger partial charge in [0.05, 0.1) is 24.6 Å². The summed E-state index contributed by atoms with van der Waals surface area (Å²) in [6.07, 6.45) is 1.01. The van der Waals surface area contributed by atoms with Gasteiger partial charge in [0.25, 0.3) is 0 Å². The Morgan fingerprint density at radius 2 is 1.70 bits per heavy atom. The van der Waals surface area contributed by atoms with Gasteiger partial charge in [-0.25, -0.2) is 0 Å². The van der Waals surface area contributed by atoms with Gasteiger partial charge in [-0.2, -0.15) is 0 Å². The number of rotatable bonds is 8. The van der Waals surface area contributed by atoms with Crippen molar-refractivity contribution in [3.8, 4) is 11.5 Å². The first-order valence-corrected chi connectivity index (χ1v) is 7.69. The van der Waals surface area contributed by atoms with Crippen LogP contribution in [0, 0.1) is 0 Å². The van der Waals surface area contributed by atoms with Crippen LogP contribution in [0.5, 0.6) is 11.5 Å². The minimum absolute atomic E-state index is 0.0711. The SMILES string of the molecule is CCOc1ccc(OCCCC(=O)Nc2ccccc2N)cc1. The zero-order valence-electron chi connectivity index (χ0n) is 13.2. The van der Waals surface area contributed by atoms with Crippen LogP contribution < -0.4 is 20.5 Å². The maximum atomic E-state index is 11.9. The van der Waals surface area contributed by atoms with E-state index in [0.717, 1.165) is 11.5 Å². The molecule has 0 radical (unpaired) electrons. The van der Waals surface area contributed by atoms with Crippen LogP contribution in [-0.4, -0.2) is 19.1 Å². The van der Waals surface area contributed by atoms with Crippen LogP contribution in [0.3, 0.4) is 0 Å². The third-order valence-corrected chi connectivity index (χ3v) is 3.19. The first kappa shape index (κ1) is 16.7. The minimum atomic E-state index is -0.0711. The molecule has 0 saturated carbocycles. The number of carbonyl (C=O) groups excluding carboxylic acids is 1. The second-order valence-electron chi connectivity index (χ2n) is 4.99. The van der Waals surface area contributed by atoms with Crippen molar-refractivity contribution in [3.05, 3.63) is 48.5 Å². The van der Waals surface area contributed by atoms with Gasteiger partial charge in [-0.05, 0) is 49.7 Å². The third-order valence-electron chi connectivity index (χ3n) is 3.19. The van der Waals surface area contributed by atoms with Crippen LogP contribution in [0.2, 0.25) is 0 Å². The maximum Gasteiger partial charge on any atom is 0.224 e. The Bertz CT molecular complexity index is 626. The molecule has 5 nitrogen and oxygen atoms in total. The lowest BCUT2D eigenvalue weighted by Gasteiger charge is -2.09. The van der Waals surface area contributed by atoms with Crippen molar-refractivity contribution in [1.29, 1.82) is 0 Å². The number of para-hydroxylation sites is 2. The molecule has 0 saturated heterocycles. The summed E-state index contributed by atoms with van der Waals surface area (Å²) in [4.78, 5) is 11.9. The van der Waals surface area contributed by atoms with E-state index in [-0.39, 0.29) is 5.91 Å². The molecule has 0 aliphatic heterocycles. The number of amides is 1. The molecular formula is C18H22N2O3. The molecule has 0 aromatic heterocycles. The Labute approximate surface area is 136 Å². The molecule has 0 heterocycles. The smallest absolute Gasteiger partial charge is 0.224 e. The Morgan fingerprint density at radius 3 is 2.35 bits per heavy atom. The Balaban J connectivity index is 1.68. The van der Waals surface area contributed by atoms with Crippen LogP contribution >= 0.6 is 0 Å². The van der Waals surface area contributed by atoms with Gasteiger partial charge in [0.2, 0.25) is 5.91 Å². The zero-order chi connectivity index (χ0) is 16.5. The molecule has 122 valence electrons. The molecule has 0 aliphatic carbocycles. The van der Waals surface area contributed by atoms with Gasteiger partial charge in [0, 0.05) is 6.42 Å². The van der Waals surface area contributed by atoms with Crippen molar-refractivity contribution in [2.75, 3.05) is 24.3 Å². The van der Waals surface area contributed by atoms with Crippen molar-refractivity contribution in [2.45, 2.75) is 19.8 Å². The highest BCUT2D eigenvalue weighted by Crippen LogP contribution is 2.18. The topological polar surface area (TPSA) is 73.6 Å². The fourth-order valence-corrected chi connectivity index (χ4v) is 2.05. The molecule has 2 aromatic carbocycles. The molecule has 0 atom stereocenters. The van der Waals surface area contributed by atoms with Crippen molar-refractivity contribution < 1.29 is 14.3 Å². The predicted octanol–water partition coefficient (Wildman–Crippen LogP) is 3.47. The molecule has 0 fully saturated rings. The summed E-state index contributed by atoms with van der Waals surface area (Å²) in [5, 5.41) is 2.79. The Hall–Kier alpha value is -2.69. The molecular weight excluding hydrogens is 292 g/mol. The fraction of sp³-hybridized carbons (Fsp3) is 0.278. The highest BCUT2D eigenvalue weighted by molar-refractivity contribution is 5.93. The number of hydrogen-bond donors (Lipinski definition) is 2.